The molecule has 7 nitrogen and oxygen atoms in total. The fourth-order valence-corrected chi connectivity index (χ4v) is 4.28. The van der Waals surface area contributed by atoms with Gasteiger partial charge in [0.1, 0.15) is 14.7 Å². The molecule has 0 saturated heterocycles. The van der Waals surface area contributed by atoms with Crippen molar-refractivity contribution in [1.82, 2.24) is 33.7 Å². The molecule has 0 aliphatic carbocycles. The number of aromatic nitrogens is 7. The van der Waals surface area contributed by atoms with Gasteiger partial charge in [0.05, 0.1) is 5.69 Å². The molecular weight excluding hydrogens is 470 g/mol. The van der Waals surface area contributed by atoms with Gasteiger partial charge in [0, 0.05) is 55.1 Å². The number of rotatable bonds is 3. The molecule has 0 spiro atoms. The van der Waals surface area contributed by atoms with E-state index in [0.717, 1.165) is 37.2 Å². The van der Waals surface area contributed by atoms with Crippen molar-refractivity contribution < 1.29 is 0 Å². The second kappa shape index (κ2) is 8.93. The number of halogens is 1. The third-order valence-corrected chi connectivity index (χ3v) is 5.70. The molecule has 0 fully saturated rings. The average molecular weight is 486 g/mol. The number of pyridine rings is 1. The van der Waals surface area contributed by atoms with Crippen LogP contribution in [0, 0.1) is 0 Å². The lowest BCUT2D eigenvalue weighted by atomic mass is 10.2. The van der Waals surface area contributed by atoms with E-state index in [1.165, 1.54) is 0 Å². The molecule has 0 bridgehead atoms. The van der Waals surface area contributed by atoms with E-state index in [4.69, 9.17) is 0 Å². The monoisotopic (exact) mass is 485 g/mol. The highest BCUT2D eigenvalue weighted by molar-refractivity contribution is 9.10. The maximum atomic E-state index is 4.60. The highest BCUT2D eigenvalue weighted by Gasteiger charge is 2.08. The number of nitrogens with zero attached hydrogens (tertiary/aromatic N) is 7. The Morgan fingerprint density at radius 2 is 1.52 bits per heavy atom. The largest absolute Gasteiger partial charge is 0.303 e. The molecular formula is C19H16BrN7S2. The van der Waals surface area contributed by atoms with Crippen LogP contribution < -0.4 is 0 Å². The Morgan fingerprint density at radius 3 is 2.14 bits per heavy atom. The second-order valence-corrected chi connectivity index (χ2v) is 8.17. The molecule has 0 unspecified atom stereocenters. The smallest absolute Gasteiger partial charge is 0.169 e. The lowest BCUT2D eigenvalue weighted by Crippen LogP contribution is -1.94. The third-order valence-electron chi connectivity index (χ3n) is 4.00. The van der Waals surface area contributed by atoms with Crippen molar-refractivity contribution in [2.24, 2.45) is 0 Å². The first-order chi connectivity index (χ1) is 14.2. The fraction of sp³-hybridized carbons (Fsp3) is 0.105. The zero-order valence-electron chi connectivity index (χ0n) is 15.6. The standard InChI is InChI=1S/C12H10N4S.C7H6BrN3S/c1-17-12-11-14-5-6-16(11)8-10(15-12)9-3-2-4-13-7-9;1-12-7-6-9-2-3-11(6)4-5(8)10-7/h2-8H,1H3;2-4H,1H3. The predicted octanol–water partition coefficient (Wildman–Crippen LogP) is 4.73. The van der Waals surface area contributed by atoms with Gasteiger partial charge in [-0.2, -0.15) is 0 Å². The van der Waals surface area contributed by atoms with Gasteiger partial charge in [0.15, 0.2) is 11.3 Å². The summed E-state index contributed by atoms with van der Waals surface area (Å²) in [6.45, 7) is 0. The molecule has 0 aliphatic heterocycles. The minimum Gasteiger partial charge on any atom is -0.303 e. The first-order valence-corrected chi connectivity index (χ1v) is 11.7. The van der Waals surface area contributed by atoms with Crippen molar-refractivity contribution in [1.29, 1.82) is 0 Å². The summed E-state index contributed by atoms with van der Waals surface area (Å²) in [5.41, 5.74) is 3.72. The Morgan fingerprint density at radius 1 is 0.862 bits per heavy atom. The lowest BCUT2D eigenvalue weighted by molar-refractivity contribution is 1.01. The van der Waals surface area contributed by atoms with Crippen molar-refractivity contribution in [3.63, 3.8) is 0 Å². The van der Waals surface area contributed by atoms with Crippen LogP contribution in [0.5, 0.6) is 0 Å². The van der Waals surface area contributed by atoms with E-state index in [9.17, 15) is 0 Å². The van der Waals surface area contributed by atoms with Crippen molar-refractivity contribution in [3.05, 3.63) is 66.3 Å². The summed E-state index contributed by atoms with van der Waals surface area (Å²) in [5, 5.41) is 1.87. The maximum Gasteiger partial charge on any atom is 0.169 e. The van der Waals surface area contributed by atoms with E-state index in [0.29, 0.717) is 0 Å². The van der Waals surface area contributed by atoms with Gasteiger partial charge in [0.2, 0.25) is 0 Å². The van der Waals surface area contributed by atoms with E-state index in [-0.39, 0.29) is 0 Å². The molecule has 0 aromatic carbocycles. The molecule has 0 radical (unpaired) electrons. The summed E-state index contributed by atoms with van der Waals surface area (Å²) in [7, 11) is 0. The van der Waals surface area contributed by atoms with Gasteiger partial charge in [-0.15, -0.1) is 23.5 Å². The first kappa shape index (κ1) is 19.9. The van der Waals surface area contributed by atoms with Crippen LogP contribution in [-0.2, 0) is 0 Å². The van der Waals surface area contributed by atoms with Gasteiger partial charge in [-0.05, 0) is 40.6 Å². The van der Waals surface area contributed by atoms with Crippen LogP contribution in [0.1, 0.15) is 0 Å². The number of hydrogen-bond donors (Lipinski definition) is 0. The van der Waals surface area contributed by atoms with Crippen LogP contribution in [0.4, 0.5) is 0 Å². The molecule has 0 N–H and O–H groups in total. The van der Waals surface area contributed by atoms with Crippen molar-refractivity contribution in [2.75, 3.05) is 12.5 Å². The summed E-state index contributed by atoms with van der Waals surface area (Å²) in [6, 6.07) is 3.91. The SMILES string of the molecule is CSc1nc(-c2cccnc2)cn2ccnc12.CSc1nc(Br)cn2ccnc12. The maximum absolute atomic E-state index is 4.60. The number of fused-ring (bicyclic) bond motifs is 2. The Balaban J connectivity index is 0.000000150. The second-order valence-electron chi connectivity index (χ2n) is 5.77. The van der Waals surface area contributed by atoms with E-state index in [2.05, 4.69) is 40.8 Å². The molecule has 5 aromatic rings. The molecule has 0 saturated carbocycles. The van der Waals surface area contributed by atoms with Crippen LogP contribution in [0.3, 0.4) is 0 Å². The third kappa shape index (κ3) is 4.29. The Bertz CT molecular complexity index is 1250. The number of hydrogen-bond acceptors (Lipinski definition) is 7. The molecule has 0 aliphatic rings. The molecule has 5 heterocycles. The highest BCUT2D eigenvalue weighted by Crippen LogP contribution is 2.23. The molecule has 0 amide bonds. The normalized spacial score (nSPS) is 10.9. The van der Waals surface area contributed by atoms with Crippen molar-refractivity contribution in [2.45, 2.75) is 10.1 Å². The van der Waals surface area contributed by atoms with Gasteiger partial charge >= 0.3 is 0 Å². The predicted molar refractivity (Wildman–Crippen MR) is 120 cm³/mol. The molecule has 29 heavy (non-hydrogen) atoms. The Hall–Kier alpha value is -2.43. The summed E-state index contributed by atoms with van der Waals surface area (Å²) in [5.74, 6) is 0. The highest BCUT2D eigenvalue weighted by atomic mass is 79.9. The summed E-state index contributed by atoms with van der Waals surface area (Å²) in [4.78, 5) is 21.5. The molecule has 10 heteroatoms. The summed E-state index contributed by atoms with van der Waals surface area (Å²) >= 11 is 6.53. The summed E-state index contributed by atoms with van der Waals surface area (Å²) < 4.78 is 4.77. The summed E-state index contributed by atoms with van der Waals surface area (Å²) in [6.07, 6.45) is 18.8. The van der Waals surface area contributed by atoms with Crippen LogP contribution in [0.2, 0.25) is 0 Å². The minimum atomic E-state index is 0.831. The topological polar surface area (TPSA) is 73.3 Å². The van der Waals surface area contributed by atoms with Crippen LogP contribution in [-0.4, -0.2) is 46.2 Å². The number of thioether (sulfide) groups is 2. The van der Waals surface area contributed by atoms with Crippen molar-refractivity contribution >= 4 is 50.7 Å². The molecule has 5 aromatic heterocycles. The molecule has 146 valence electrons. The molecule has 0 atom stereocenters. The number of imidazole rings is 2. The quantitative estimate of drug-likeness (QED) is 0.342. The lowest BCUT2D eigenvalue weighted by Gasteiger charge is -2.05. The fourth-order valence-electron chi connectivity index (χ4n) is 2.70. The van der Waals surface area contributed by atoms with Gasteiger partial charge in [-0.1, -0.05) is 0 Å². The van der Waals surface area contributed by atoms with Crippen LogP contribution >= 0.6 is 39.5 Å². The Kier molecular flexibility index (Phi) is 6.12. The van der Waals surface area contributed by atoms with Crippen LogP contribution in [0.25, 0.3) is 22.6 Å². The first-order valence-electron chi connectivity index (χ1n) is 8.51. The zero-order valence-corrected chi connectivity index (χ0v) is 18.8. The van der Waals surface area contributed by atoms with E-state index < -0.39 is 0 Å². The van der Waals surface area contributed by atoms with Crippen LogP contribution in [0.15, 0.2) is 76.4 Å². The van der Waals surface area contributed by atoms with Gasteiger partial charge in [-0.25, -0.2) is 19.9 Å². The van der Waals surface area contributed by atoms with Gasteiger partial charge < -0.3 is 8.80 Å². The molecule has 5 rings (SSSR count). The van der Waals surface area contributed by atoms with Crippen molar-refractivity contribution in [3.8, 4) is 11.3 Å². The van der Waals surface area contributed by atoms with Gasteiger partial charge in [0.25, 0.3) is 0 Å². The minimum absolute atomic E-state index is 0.831. The zero-order chi connectivity index (χ0) is 20.2. The average Bonchev–Trinajstić information content (AvgIpc) is 3.42. The Labute approximate surface area is 184 Å². The van der Waals surface area contributed by atoms with E-state index in [1.54, 1.807) is 42.1 Å². The van der Waals surface area contributed by atoms with E-state index >= 15 is 0 Å². The van der Waals surface area contributed by atoms with Gasteiger partial charge in [-0.3, -0.25) is 4.98 Å². The van der Waals surface area contributed by atoms with E-state index in [1.807, 2.05) is 64.4 Å².